The van der Waals surface area contributed by atoms with Crippen LogP contribution in [0.5, 0.6) is 0 Å². The van der Waals surface area contributed by atoms with Crippen LogP contribution in [-0.2, 0) is 18.0 Å². The van der Waals surface area contributed by atoms with Crippen LogP contribution in [0.4, 0.5) is 0 Å². The number of hydrogen-bond donors (Lipinski definition) is 0. The number of aromatic nitrogens is 4. The molecule has 4 aromatic rings. The first-order valence-electron chi connectivity index (χ1n) is 14.4. The molecular formula is C34H42N4O3. The zero-order chi connectivity index (χ0) is 29.8. The van der Waals surface area contributed by atoms with E-state index < -0.39 is 0 Å². The Morgan fingerprint density at radius 3 is 1.44 bits per heavy atom. The molecule has 0 spiro atoms. The number of hydrogen-bond acceptors (Lipinski definition) is 5. The zero-order valence-electron chi connectivity index (χ0n) is 25.5. The van der Waals surface area contributed by atoms with E-state index in [2.05, 4.69) is 74.1 Å². The molecule has 0 aliphatic rings. The lowest BCUT2D eigenvalue weighted by molar-refractivity contribution is 0.0847. The molecule has 0 fully saturated rings. The van der Waals surface area contributed by atoms with Gasteiger partial charge in [0.15, 0.2) is 0 Å². The Kier molecular flexibility index (Phi) is 9.38. The molecule has 0 N–H and O–H groups in total. The summed E-state index contributed by atoms with van der Waals surface area (Å²) < 4.78 is 9.42. The van der Waals surface area contributed by atoms with Crippen LogP contribution < -0.4 is 0 Å². The second kappa shape index (κ2) is 12.8. The molecule has 0 radical (unpaired) electrons. The summed E-state index contributed by atoms with van der Waals surface area (Å²) in [5.41, 5.74) is 8.72. The number of imidazole rings is 2. The molecule has 0 aliphatic heterocycles. The van der Waals surface area contributed by atoms with Crippen molar-refractivity contribution in [2.75, 3.05) is 0 Å². The summed E-state index contributed by atoms with van der Waals surface area (Å²) in [6.07, 6.45) is 6.92. The largest absolute Gasteiger partial charge is 0.372 e. The lowest BCUT2D eigenvalue weighted by Gasteiger charge is -2.18. The summed E-state index contributed by atoms with van der Waals surface area (Å²) in [5.74, 6) is 0.0213. The van der Waals surface area contributed by atoms with Crippen molar-refractivity contribution in [3.8, 4) is 0 Å². The third-order valence-electron chi connectivity index (χ3n) is 8.01. The van der Waals surface area contributed by atoms with Gasteiger partial charge in [-0.3, -0.25) is 18.7 Å². The molecule has 4 rings (SSSR count). The third-order valence-corrected chi connectivity index (χ3v) is 8.01. The van der Waals surface area contributed by atoms with Gasteiger partial charge in [0.05, 0.1) is 24.6 Å². The van der Waals surface area contributed by atoms with Crippen molar-refractivity contribution in [2.45, 2.75) is 80.4 Å². The van der Waals surface area contributed by atoms with Crippen molar-refractivity contribution >= 4 is 11.8 Å². The minimum Gasteiger partial charge on any atom is -0.372 e. The van der Waals surface area contributed by atoms with Gasteiger partial charge in [0, 0.05) is 36.1 Å². The molecule has 0 unspecified atom stereocenters. The first-order valence-corrected chi connectivity index (χ1v) is 14.4. The average Bonchev–Trinajstić information content (AvgIpc) is 3.64. The fourth-order valence-electron chi connectivity index (χ4n) is 5.21. The lowest BCUT2D eigenvalue weighted by Crippen LogP contribution is -2.15. The fourth-order valence-corrected chi connectivity index (χ4v) is 5.21. The second-order valence-corrected chi connectivity index (χ2v) is 11.6. The van der Waals surface area contributed by atoms with Gasteiger partial charge in [-0.25, -0.2) is 9.97 Å². The minimum absolute atomic E-state index is 0.0412. The van der Waals surface area contributed by atoms with Crippen molar-refractivity contribution in [1.82, 2.24) is 19.1 Å². The van der Waals surface area contributed by atoms with E-state index in [9.17, 15) is 9.59 Å². The summed E-state index contributed by atoms with van der Waals surface area (Å²) in [7, 11) is 0. The van der Waals surface area contributed by atoms with Crippen LogP contribution in [-0.4, -0.2) is 30.9 Å². The topological polar surface area (TPSA) is 79.0 Å². The van der Waals surface area contributed by atoms with E-state index >= 15 is 0 Å². The third kappa shape index (κ3) is 6.57. The summed E-state index contributed by atoms with van der Waals surface area (Å²) in [6, 6.07) is 12.6. The van der Waals surface area contributed by atoms with Crippen molar-refractivity contribution in [3.63, 3.8) is 0 Å². The Hall–Kier alpha value is -3.84. The van der Waals surface area contributed by atoms with Crippen molar-refractivity contribution in [1.29, 1.82) is 0 Å². The molecule has 0 bridgehead atoms. The average molecular weight is 555 g/mol. The molecule has 0 saturated carbocycles. The van der Waals surface area contributed by atoms with E-state index in [0.717, 1.165) is 22.5 Å². The first kappa shape index (κ1) is 30.1. The smallest absolute Gasteiger partial charge is 0.234 e. The quantitative estimate of drug-likeness (QED) is 0.205. The van der Waals surface area contributed by atoms with Crippen molar-refractivity contribution in [2.24, 2.45) is 11.8 Å². The molecule has 0 amide bonds. The maximum atomic E-state index is 12.4. The highest BCUT2D eigenvalue weighted by molar-refractivity contribution is 5.81. The highest BCUT2D eigenvalue weighted by Gasteiger charge is 2.20. The van der Waals surface area contributed by atoms with Gasteiger partial charge in [0.25, 0.3) is 0 Å². The van der Waals surface area contributed by atoms with E-state index in [1.807, 2.05) is 40.1 Å². The molecule has 2 atom stereocenters. The summed E-state index contributed by atoms with van der Waals surface area (Å²) in [5, 5.41) is 0. The van der Waals surface area contributed by atoms with Crippen LogP contribution >= 0.6 is 0 Å². The molecular weight excluding hydrogens is 512 g/mol. The maximum absolute atomic E-state index is 12.4. The monoisotopic (exact) mass is 554 g/mol. The standard InChI is InChI=1S/C34H42N4O3/c1-21(2)33(39)37-15-31(35-19-37)25(7)29-13-9-11-27(23(29)5)17-41-18-28-12-10-14-30(24(28)6)26(8)32-16-38(20-36-32)34(40)22(3)4/h9-16,19-22,25-26H,17-18H2,1-8H3/t25-,26-/m0/s1. The summed E-state index contributed by atoms with van der Waals surface area (Å²) in [4.78, 5) is 33.8. The predicted octanol–water partition coefficient (Wildman–Crippen LogP) is 7.31. The Labute approximate surface area is 243 Å². The summed E-state index contributed by atoms with van der Waals surface area (Å²) >= 11 is 0. The molecule has 41 heavy (non-hydrogen) atoms. The molecule has 7 nitrogen and oxygen atoms in total. The fraction of sp³-hybridized carbons (Fsp3) is 0.412. The summed E-state index contributed by atoms with van der Waals surface area (Å²) in [6.45, 7) is 17.0. The number of ether oxygens (including phenoxy) is 1. The Morgan fingerprint density at radius 2 is 1.07 bits per heavy atom. The van der Waals surface area contributed by atoms with Gasteiger partial charge in [0.1, 0.15) is 12.7 Å². The minimum atomic E-state index is -0.0823. The number of benzene rings is 2. The van der Waals surface area contributed by atoms with E-state index in [-0.39, 0.29) is 35.5 Å². The van der Waals surface area contributed by atoms with Crippen LogP contribution in [0.1, 0.15) is 108 Å². The zero-order valence-corrected chi connectivity index (χ0v) is 25.5. The van der Waals surface area contributed by atoms with E-state index in [4.69, 9.17) is 4.74 Å². The molecule has 2 aromatic carbocycles. The Morgan fingerprint density at radius 1 is 0.683 bits per heavy atom. The van der Waals surface area contributed by atoms with E-state index in [0.29, 0.717) is 13.2 Å². The van der Waals surface area contributed by atoms with Gasteiger partial charge in [0.2, 0.25) is 11.8 Å². The van der Waals surface area contributed by atoms with Gasteiger partial charge in [-0.15, -0.1) is 0 Å². The first-order chi connectivity index (χ1) is 19.5. The van der Waals surface area contributed by atoms with Crippen LogP contribution in [0.25, 0.3) is 0 Å². The molecule has 2 aromatic heterocycles. The van der Waals surface area contributed by atoms with Crippen LogP contribution in [0.15, 0.2) is 61.4 Å². The van der Waals surface area contributed by atoms with Crippen molar-refractivity contribution < 1.29 is 14.3 Å². The predicted molar refractivity (Wildman–Crippen MR) is 161 cm³/mol. The number of carbonyl (C=O) groups excluding carboxylic acids is 2. The van der Waals surface area contributed by atoms with E-state index in [1.54, 1.807) is 21.8 Å². The highest BCUT2D eigenvalue weighted by Crippen LogP contribution is 2.30. The SMILES string of the molecule is Cc1c(COCc2cccc([C@H](C)c3cn(C(=O)C(C)C)cn3)c2C)cccc1[C@H](C)c1cn(C(=O)C(C)C)cn1. The van der Waals surface area contributed by atoms with E-state index in [1.165, 1.54) is 22.3 Å². The molecule has 2 heterocycles. The van der Waals surface area contributed by atoms with Crippen LogP contribution in [0.2, 0.25) is 0 Å². The number of carbonyl (C=O) groups is 2. The van der Waals surface area contributed by atoms with Gasteiger partial charge < -0.3 is 4.74 Å². The van der Waals surface area contributed by atoms with Crippen LogP contribution in [0.3, 0.4) is 0 Å². The molecule has 7 heteroatoms. The van der Waals surface area contributed by atoms with Crippen LogP contribution in [0, 0.1) is 25.7 Å². The lowest BCUT2D eigenvalue weighted by atomic mass is 9.91. The number of nitrogens with zero attached hydrogens (tertiary/aromatic N) is 4. The Balaban J connectivity index is 1.44. The highest BCUT2D eigenvalue weighted by atomic mass is 16.5. The Bertz CT molecular complexity index is 1410. The molecule has 0 saturated heterocycles. The van der Waals surface area contributed by atoms with Gasteiger partial charge in [-0.05, 0) is 47.2 Å². The number of rotatable bonds is 10. The van der Waals surface area contributed by atoms with Gasteiger partial charge in [-0.1, -0.05) is 77.9 Å². The maximum Gasteiger partial charge on any atom is 0.234 e. The van der Waals surface area contributed by atoms with Gasteiger partial charge in [-0.2, -0.15) is 0 Å². The molecule has 216 valence electrons. The normalized spacial score (nSPS) is 13.1. The van der Waals surface area contributed by atoms with Gasteiger partial charge >= 0.3 is 0 Å². The second-order valence-electron chi connectivity index (χ2n) is 11.6. The van der Waals surface area contributed by atoms with Crippen molar-refractivity contribution in [3.05, 3.63) is 106 Å². The molecule has 0 aliphatic carbocycles.